The summed E-state index contributed by atoms with van der Waals surface area (Å²) in [5, 5.41) is 8.69. The molecular formula is C14H10N6S2. The Bertz CT molecular complexity index is 935. The highest BCUT2D eigenvalue weighted by Gasteiger charge is 2.09. The molecule has 0 saturated carbocycles. The number of rotatable bonds is 2. The number of aromatic nitrogens is 4. The largest absolute Gasteiger partial charge is 0.173 e. The topological polar surface area (TPSA) is 76.3 Å². The van der Waals surface area contributed by atoms with E-state index in [0.717, 1.165) is 33.2 Å². The molecule has 4 aromatic rings. The summed E-state index contributed by atoms with van der Waals surface area (Å²) in [7, 11) is 0. The van der Waals surface area contributed by atoms with Gasteiger partial charge in [-0.25, -0.2) is 0 Å². The first-order valence-corrected chi connectivity index (χ1v) is 8.05. The summed E-state index contributed by atoms with van der Waals surface area (Å²) in [6.07, 6.45) is 0. The van der Waals surface area contributed by atoms with E-state index in [0.29, 0.717) is 11.4 Å². The summed E-state index contributed by atoms with van der Waals surface area (Å²) < 4.78 is 17.2. The molecule has 8 heteroatoms. The van der Waals surface area contributed by atoms with E-state index >= 15 is 0 Å². The van der Waals surface area contributed by atoms with Crippen LogP contribution in [0.2, 0.25) is 0 Å². The van der Waals surface area contributed by atoms with Crippen molar-refractivity contribution in [2.75, 3.05) is 0 Å². The quantitative estimate of drug-likeness (QED) is 0.499. The molecule has 0 amide bonds. The van der Waals surface area contributed by atoms with Gasteiger partial charge in [-0.3, -0.25) is 0 Å². The molecule has 0 fully saturated rings. The smallest absolute Gasteiger partial charge is 0.132 e. The lowest BCUT2D eigenvalue weighted by atomic mass is 10.2. The zero-order chi connectivity index (χ0) is 15.1. The Labute approximate surface area is 134 Å². The first-order valence-electron chi connectivity index (χ1n) is 6.59. The molecule has 0 aliphatic carbocycles. The van der Waals surface area contributed by atoms with Gasteiger partial charge in [-0.1, -0.05) is 12.1 Å². The van der Waals surface area contributed by atoms with Gasteiger partial charge in [-0.15, -0.1) is 10.2 Å². The molecule has 0 radical (unpaired) electrons. The minimum absolute atomic E-state index is 0.714. The lowest BCUT2D eigenvalue weighted by Gasteiger charge is -1.98. The summed E-state index contributed by atoms with van der Waals surface area (Å²) in [4.78, 5) is 0. The molecule has 2 heterocycles. The van der Waals surface area contributed by atoms with Gasteiger partial charge in [0.1, 0.15) is 33.4 Å². The van der Waals surface area contributed by atoms with Gasteiger partial charge in [-0.05, 0) is 37.1 Å². The number of nitrogens with zero attached hydrogens (tertiary/aromatic N) is 6. The first-order chi connectivity index (χ1) is 10.7. The van der Waals surface area contributed by atoms with Crippen LogP contribution in [0.4, 0.5) is 11.4 Å². The number of azo groups is 1. The molecule has 0 atom stereocenters. The van der Waals surface area contributed by atoms with E-state index in [9.17, 15) is 0 Å². The van der Waals surface area contributed by atoms with Gasteiger partial charge >= 0.3 is 0 Å². The summed E-state index contributed by atoms with van der Waals surface area (Å²) in [5.41, 5.74) is 6.93. The highest BCUT2D eigenvalue weighted by atomic mass is 32.1. The molecular weight excluding hydrogens is 316 g/mol. The maximum atomic E-state index is 4.34. The molecule has 0 spiro atoms. The molecule has 0 N–H and O–H groups in total. The average Bonchev–Trinajstić information content (AvgIpc) is 3.18. The summed E-state index contributed by atoms with van der Waals surface area (Å²) in [6, 6.07) is 7.78. The van der Waals surface area contributed by atoms with Gasteiger partial charge in [0, 0.05) is 0 Å². The van der Waals surface area contributed by atoms with Crippen LogP contribution in [0.5, 0.6) is 0 Å². The van der Waals surface area contributed by atoms with Crippen LogP contribution in [0, 0.1) is 13.8 Å². The van der Waals surface area contributed by atoms with Gasteiger partial charge in [0.2, 0.25) is 0 Å². The van der Waals surface area contributed by atoms with Crippen LogP contribution in [-0.4, -0.2) is 17.5 Å². The van der Waals surface area contributed by atoms with Crippen LogP contribution in [0.1, 0.15) is 11.1 Å². The van der Waals surface area contributed by atoms with Crippen molar-refractivity contribution in [2.24, 2.45) is 10.2 Å². The highest BCUT2D eigenvalue weighted by molar-refractivity contribution is 7.00. The number of aryl methyl sites for hydroxylation is 2. The van der Waals surface area contributed by atoms with Gasteiger partial charge in [0.15, 0.2) is 0 Å². The fraction of sp³-hybridized carbons (Fsp3) is 0.143. The molecule has 4 rings (SSSR count). The van der Waals surface area contributed by atoms with Crippen molar-refractivity contribution in [2.45, 2.75) is 13.8 Å². The van der Waals surface area contributed by atoms with E-state index in [4.69, 9.17) is 0 Å². The molecule has 0 bridgehead atoms. The Morgan fingerprint density at radius 3 is 1.50 bits per heavy atom. The average molecular weight is 326 g/mol. The van der Waals surface area contributed by atoms with E-state index in [-0.39, 0.29) is 0 Å². The second kappa shape index (κ2) is 5.15. The van der Waals surface area contributed by atoms with Crippen molar-refractivity contribution in [3.05, 3.63) is 35.4 Å². The Hall–Kier alpha value is -2.32. The van der Waals surface area contributed by atoms with E-state index in [1.54, 1.807) is 0 Å². The first kappa shape index (κ1) is 13.4. The van der Waals surface area contributed by atoms with E-state index in [1.165, 1.54) is 23.5 Å². The zero-order valence-electron chi connectivity index (χ0n) is 11.8. The van der Waals surface area contributed by atoms with Crippen LogP contribution in [0.15, 0.2) is 34.5 Å². The summed E-state index contributed by atoms with van der Waals surface area (Å²) in [5.74, 6) is 0. The number of hydrogen-bond acceptors (Lipinski definition) is 8. The lowest BCUT2D eigenvalue weighted by Crippen LogP contribution is -1.78. The maximum absolute atomic E-state index is 4.34. The summed E-state index contributed by atoms with van der Waals surface area (Å²) in [6.45, 7) is 4.02. The second-order valence-corrected chi connectivity index (χ2v) is 5.98. The molecule has 2 aromatic carbocycles. The van der Waals surface area contributed by atoms with Gasteiger partial charge in [-0.2, -0.15) is 17.5 Å². The van der Waals surface area contributed by atoms with Crippen molar-refractivity contribution in [1.82, 2.24) is 17.5 Å². The monoisotopic (exact) mass is 326 g/mol. The standard InChI is InChI=1S/C14H10N6S2/c1-7-3-5-9(13-11(7)17-21-19-13)15-16-10-6-4-8(2)12-14(10)20-22-18-12/h3-6H,1-2H3. The third-order valence-electron chi connectivity index (χ3n) is 3.46. The minimum atomic E-state index is 0.714. The maximum Gasteiger partial charge on any atom is 0.132 e. The van der Waals surface area contributed by atoms with Crippen LogP contribution >= 0.6 is 23.5 Å². The fourth-order valence-electron chi connectivity index (χ4n) is 2.22. The van der Waals surface area contributed by atoms with Gasteiger partial charge < -0.3 is 0 Å². The zero-order valence-corrected chi connectivity index (χ0v) is 13.4. The van der Waals surface area contributed by atoms with Crippen molar-refractivity contribution < 1.29 is 0 Å². The fourth-order valence-corrected chi connectivity index (χ4v) is 3.45. The van der Waals surface area contributed by atoms with Crippen LogP contribution in [0.3, 0.4) is 0 Å². The van der Waals surface area contributed by atoms with E-state index in [2.05, 4.69) is 27.7 Å². The predicted octanol–water partition coefficient (Wildman–Crippen LogP) is 4.73. The van der Waals surface area contributed by atoms with E-state index < -0.39 is 0 Å². The third kappa shape index (κ3) is 2.08. The Morgan fingerprint density at radius 1 is 0.636 bits per heavy atom. The summed E-state index contributed by atoms with van der Waals surface area (Å²) >= 11 is 2.37. The molecule has 2 aromatic heterocycles. The molecule has 0 unspecified atom stereocenters. The number of benzene rings is 2. The molecule has 6 nitrogen and oxygen atoms in total. The second-order valence-electron chi connectivity index (χ2n) is 4.93. The molecule has 22 heavy (non-hydrogen) atoms. The third-order valence-corrected chi connectivity index (χ3v) is 4.51. The molecule has 108 valence electrons. The predicted molar refractivity (Wildman–Crippen MR) is 88.5 cm³/mol. The Morgan fingerprint density at radius 2 is 1.05 bits per heavy atom. The Balaban J connectivity index is 1.83. The molecule has 0 aliphatic rings. The van der Waals surface area contributed by atoms with Crippen LogP contribution in [0.25, 0.3) is 22.1 Å². The highest BCUT2D eigenvalue weighted by Crippen LogP contribution is 2.31. The number of fused-ring (bicyclic) bond motifs is 2. The Kier molecular flexibility index (Phi) is 3.12. The molecule has 0 saturated heterocycles. The van der Waals surface area contributed by atoms with Gasteiger partial charge in [0.05, 0.1) is 23.5 Å². The SMILES string of the molecule is Cc1ccc(N=Nc2ccc(C)c3nsnc23)c2nsnc12. The van der Waals surface area contributed by atoms with Crippen molar-refractivity contribution in [1.29, 1.82) is 0 Å². The van der Waals surface area contributed by atoms with Crippen molar-refractivity contribution >= 4 is 56.9 Å². The molecule has 0 aliphatic heterocycles. The van der Waals surface area contributed by atoms with Crippen LogP contribution < -0.4 is 0 Å². The normalized spacial score (nSPS) is 11.9. The van der Waals surface area contributed by atoms with Crippen LogP contribution in [-0.2, 0) is 0 Å². The lowest BCUT2D eigenvalue weighted by molar-refractivity contribution is 1.24. The van der Waals surface area contributed by atoms with E-state index in [1.807, 2.05) is 38.1 Å². The van der Waals surface area contributed by atoms with Crippen molar-refractivity contribution in [3.63, 3.8) is 0 Å². The van der Waals surface area contributed by atoms with Crippen molar-refractivity contribution in [3.8, 4) is 0 Å². The van der Waals surface area contributed by atoms with Gasteiger partial charge in [0.25, 0.3) is 0 Å². The minimum Gasteiger partial charge on any atom is -0.173 e. The number of hydrogen-bond donors (Lipinski definition) is 0.